The van der Waals surface area contributed by atoms with Crippen LogP contribution in [0.5, 0.6) is 0 Å². The summed E-state index contributed by atoms with van der Waals surface area (Å²) < 4.78 is 13.3. The second-order valence-electron chi connectivity index (χ2n) is 3.69. The lowest BCUT2D eigenvalue weighted by Crippen LogP contribution is -2.14. The summed E-state index contributed by atoms with van der Waals surface area (Å²) in [5.41, 5.74) is 7.17. The minimum Gasteiger partial charge on any atom is -0.395 e. The van der Waals surface area contributed by atoms with E-state index in [2.05, 4.69) is 31.4 Å². The van der Waals surface area contributed by atoms with E-state index >= 15 is 0 Å². The van der Waals surface area contributed by atoms with Gasteiger partial charge in [-0.25, -0.2) is 4.39 Å². The first-order valence-electron chi connectivity index (χ1n) is 5.06. The van der Waals surface area contributed by atoms with Crippen LogP contribution < -0.4 is 11.1 Å². The van der Waals surface area contributed by atoms with Crippen molar-refractivity contribution in [1.82, 2.24) is 10.2 Å². The maximum Gasteiger partial charge on any atom is 0.278 e. The van der Waals surface area contributed by atoms with Gasteiger partial charge in [0, 0.05) is 4.47 Å². The molecule has 0 aliphatic rings. The standard InChI is InChI=1S/C11H10BrFN4O/c1-5-9(14)10(17-16-5)11(18)15-8-3-2-6(13)4-7(8)12/h2-4H,14H2,1H3,(H,15,18)(H,16,17). The highest BCUT2D eigenvalue weighted by atomic mass is 79.9. The molecule has 0 saturated carbocycles. The molecule has 4 N–H and O–H groups in total. The van der Waals surface area contributed by atoms with Crippen LogP contribution in [0.15, 0.2) is 22.7 Å². The van der Waals surface area contributed by atoms with Gasteiger partial charge in [-0.2, -0.15) is 5.10 Å². The largest absolute Gasteiger partial charge is 0.395 e. The first-order chi connectivity index (χ1) is 8.49. The number of hydrogen-bond acceptors (Lipinski definition) is 3. The quantitative estimate of drug-likeness (QED) is 0.796. The van der Waals surface area contributed by atoms with Crippen molar-refractivity contribution in [3.8, 4) is 0 Å². The number of H-pyrrole nitrogens is 1. The van der Waals surface area contributed by atoms with Crippen LogP contribution in [0.25, 0.3) is 0 Å². The summed E-state index contributed by atoms with van der Waals surface area (Å²) in [5, 5.41) is 9.02. The van der Waals surface area contributed by atoms with Crippen LogP contribution >= 0.6 is 15.9 Å². The molecule has 0 bridgehead atoms. The Kier molecular flexibility index (Phi) is 3.33. The zero-order valence-electron chi connectivity index (χ0n) is 9.42. The summed E-state index contributed by atoms with van der Waals surface area (Å²) in [6.07, 6.45) is 0. The Morgan fingerprint density at radius 2 is 2.28 bits per heavy atom. The van der Waals surface area contributed by atoms with E-state index in [1.54, 1.807) is 6.92 Å². The number of amides is 1. The van der Waals surface area contributed by atoms with E-state index in [9.17, 15) is 9.18 Å². The molecule has 1 aromatic heterocycles. The predicted octanol–water partition coefficient (Wildman–Crippen LogP) is 2.45. The second kappa shape index (κ2) is 4.77. The number of aromatic amines is 1. The molecule has 0 radical (unpaired) electrons. The Morgan fingerprint density at radius 1 is 1.56 bits per heavy atom. The van der Waals surface area contributed by atoms with Crippen LogP contribution in [0.1, 0.15) is 16.2 Å². The lowest BCUT2D eigenvalue weighted by atomic mass is 10.2. The molecule has 7 heteroatoms. The van der Waals surface area contributed by atoms with E-state index in [1.165, 1.54) is 18.2 Å². The van der Waals surface area contributed by atoms with Gasteiger partial charge >= 0.3 is 0 Å². The molecule has 1 heterocycles. The van der Waals surface area contributed by atoms with Crippen molar-refractivity contribution >= 4 is 33.2 Å². The molecule has 0 aliphatic heterocycles. The van der Waals surface area contributed by atoms with Gasteiger partial charge in [0.1, 0.15) is 5.82 Å². The number of nitrogens with two attached hydrogens (primary N) is 1. The zero-order chi connectivity index (χ0) is 13.3. The number of anilines is 2. The van der Waals surface area contributed by atoms with Gasteiger partial charge in [0.2, 0.25) is 0 Å². The van der Waals surface area contributed by atoms with Crippen LogP contribution in [0.2, 0.25) is 0 Å². The molecule has 0 saturated heterocycles. The third-order valence-corrected chi connectivity index (χ3v) is 3.05. The molecule has 0 atom stereocenters. The normalized spacial score (nSPS) is 10.4. The summed E-state index contributed by atoms with van der Waals surface area (Å²) >= 11 is 3.16. The van der Waals surface area contributed by atoms with Crippen LogP contribution in [-0.4, -0.2) is 16.1 Å². The Balaban J connectivity index is 2.24. The van der Waals surface area contributed by atoms with Crippen molar-refractivity contribution in [2.75, 3.05) is 11.1 Å². The third kappa shape index (κ3) is 2.35. The SMILES string of the molecule is Cc1[nH]nc(C(=O)Nc2ccc(F)cc2Br)c1N. The van der Waals surface area contributed by atoms with Crippen LogP contribution in [0.4, 0.5) is 15.8 Å². The Labute approximate surface area is 111 Å². The number of hydrogen-bond donors (Lipinski definition) is 3. The molecule has 1 aromatic carbocycles. The van der Waals surface area contributed by atoms with Gasteiger partial charge in [0.25, 0.3) is 5.91 Å². The molecular formula is C11H10BrFN4O. The number of halogens is 2. The molecule has 2 aromatic rings. The predicted molar refractivity (Wildman–Crippen MR) is 69.8 cm³/mol. The van der Waals surface area contributed by atoms with Crippen molar-refractivity contribution < 1.29 is 9.18 Å². The minimum atomic E-state index is -0.454. The zero-order valence-corrected chi connectivity index (χ0v) is 11.0. The molecule has 18 heavy (non-hydrogen) atoms. The maximum atomic E-state index is 12.9. The number of carbonyl (C=O) groups is 1. The monoisotopic (exact) mass is 312 g/mol. The Hall–Kier alpha value is -1.89. The van der Waals surface area contributed by atoms with Crippen molar-refractivity contribution in [3.05, 3.63) is 39.9 Å². The van der Waals surface area contributed by atoms with Crippen molar-refractivity contribution in [2.45, 2.75) is 6.92 Å². The van der Waals surface area contributed by atoms with Crippen molar-refractivity contribution in [3.63, 3.8) is 0 Å². The highest BCUT2D eigenvalue weighted by Gasteiger charge is 2.16. The lowest BCUT2D eigenvalue weighted by molar-refractivity contribution is 0.102. The number of nitrogens with one attached hydrogen (secondary N) is 2. The number of benzene rings is 1. The summed E-state index contributed by atoms with van der Waals surface area (Å²) in [5.74, 6) is -0.848. The minimum absolute atomic E-state index is 0.115. The highest BCUT2D eigenvalue weighted by molar-refractivity contribution is 9.10. The van der Waals surface area contributed by atoms with Crippen LogP contribution in [0, 0.1) is 12.7 Å². The fourth-order valence-corrected chi connectivity index (χ4v) is 1.83. The number of nitrogen functional groups attached to an aromatic ring is 1. The number of aromatic nitrogens is 2. The second-order valence-corrected chi connectivity index (χ2v) is 4.54. The molecule has 2 rings (SSSR count). The molecule has 94 valence electrons. The number of rotatable bonds is 2. The van der Waals surface area contributed by atoms with Gasteiger partial charge < -0.3 is 11.1 Å². The molecule has 5 nitrogen and oxygen atoms in total. The fraction of sp³-hybridized carbons (Fsp3) is 0.0909. The van der Waals surface area contributed by atoms with E-state index < -0.39 is 11.7 Å². The van der Waals surface area contributed by atoms with E-state index in [-0.39, 0.29) is 5.69 Å². The summed E-state index contributed by atoms with van der Waals surface area (Å²) in [6, 6.07) is 3.96. The highest BCUT2D eigenvalue weighted by Crippen LogP contribution is 2.24. The van der Waals surface area contributed by atoms with Crippen molar-refractivity contribution in [2.24, 2.45) is 0 Å². The number of aryl methyl sites for hydroxylation is 1. The number of carbonyl (C=O) groups excluding carboxylic acids is 1. The third-order valence-electron chi connectivity index (χ3n) is 2.39. The van der Waals surface area contributed by atoms with Crippen LogP contribution in [-0.2, 0) is 0 Å². The van der Waals surface area contributed by atoms with Gasteiger partial charge in [0.05, 0.1) is 17.1 Å². The van der Waals surface area contributed by atoms with E-state index in [4.69, 9.17) is 5.73 Å². The van der Waals surface area contributed by atoms with Gasteiger partial charge in [0.15, 0.2) is 5.69 Å². The Morgan fingerprint density at radius 3 is 2.83 bits per heavy atom. The summed E-state index contributed by atoms with van der Waals surface area (Å²) in [4.78, 5) is 11.9. The van der Waals surface area contributed by atoms with E-state index in [0.29, 0.717) is 21.5 Å². The molecular weight excluding hydrogens is 303 g/mol. The van der Waals surface area contributed by atoms with Gasteiger partial charge in [-0.1, -0.05) is 0 Å². The molecule has 0 unspecified atom stereocenters. The molecule has 0 spiro atoms. The summed E-state index contributed by atoms with van der Waals surface area (Å²) in [7, 11) is 0. The maximum absolute atomic E-state index is 12.9. The molecule has 0 aliphatic carbocycles. The van der Waals surface area contributed by atoms with E-state index in [0.717, 1.165) is 0 Å². The fourth-order valence-electron chi connectivity index (χ4n) is 1.38. The van der Waals surface area contributed by atoms with Gasteiger partial charge in [-0.3, -0.25) is 9.89 Å². The first-order valence-corrected chi connectivity index (χ1v) is 5.85. The Bertz CT molecular complexity index is 611. The average Bonchev–Trinajstić information content (AvgIpc) is 2.64. The first kappa shape index (κ1) is 12.6. The van der Waals surface area contributed by atoms with Gasteiger partial charge in [-0.15, -0.1) is 0 Å². The molecule has 0 fully saturated rings. The van der Waals surface area contributed by atoms with Crippen molar-refractivity contribution in [1.29, 1.82) is 0 Å². The smallest absolute Gasteiger partial charge is 0.278 e. The molecule has 1 amide bonds. The average molecular weight is 313 g/mol. The lowest BCUT2D eigenvalue weighted by Gasteiger charge is -2.06. The number of nitrogens with zero attached hydrogens (tertiary/aromatic N) is 1. The topological polar surface area (TPSA) is 83.8 Å². The summed E-state index contributed by atoms with van der Waals surface area (Å²) in [6.45, 7) is 1.72. The van der Waals surface area contributed by atoms with Gasteiger partial charge in [-0.05, 0) is 41.1 Å². The van der Waals surface area contributed by atoms with E-state index in [1.807, 2.05) is 0 Å². The van der Waals surface area contributed by atoms with Crippen LogP contribution in [0.3, 0.4) is 0 Å².